The summed E-state index contributed by atoms with van der Waals surface area (Å²) in [4.78, 5) is 0. The Morgan fingerprint density at radius 1 is 1.18 bits per heavy atom. The lowest BCUT2D eigenvalue weighted by molar-refractivity contribution is 0.324. The van der Waals surface area contributed by atoms with Crippen molar-refractivity contribution in [1.82, 2.24) is 4.57 Å². The van der Waals surface area contributed by atoms with Crippen LogP contribution in [0.5, 0.6) is 0 Å². The van der Waals surface area contributed by atoms with Gasteiger partial charge in [-0.25, -0.2) is 0 Å². The van der Waals surface area contributed by atoms with Crippen LogP contribution in [0.25, 0.3) is 0 Å². The van der Waals surface area contributed by atoms with E-state index in [1.54, 1.807) is 0 Å². The SMILES string of the molecule is [SiH3]O[SiH2]O[SiH2]N1CCCCC1. The minimum absolute atomic E-state index is 0.353. The van der Waals surface area contributed by atoms with Crippen molar-refractivity contribution in [3.05, 3.63) is 0 Å². The summed E-state index contributed by atoms with van der Waals surface area (Å²) in [6.07, 6.45) is 4.17. The molecule has 1 aliphatic rings. The maximum Gasteiger partial charge on any atom is 0.283 e. The molecular weight excluding hydrogens is 190 g/mol. The van der Waals surface area contributed by atoms with Crippen LogP contribution in [-0.2, 0) is 8.23 Å². The lowest BCUT2D eigenvalue weighted by Gasteiger charge is -2.25. The number of hydrogen-bond acceptors (Lipinski definition) is 3. The van der Waals surface area contributed by atoms with E-state index in [1.165, 1.54) is 32.4 Å². The van der Waals surface area contributed by atoms with Crippen molar-refractivity contribution in [2.24, 2.45) is 0 Å². The fraction of sp³-hybridized carbons (Fsp3) is 1.00. The van der Waals surface area contributed by atoms with Gasteiger partial charge < -0.3 is 12.8 Å². The number of rotatable bonds is 4. The lowest BCUT2D eigenvalue weighted by Crippen LogP contribution is -2.35. The maximum atomic E-state index is 5.54. The van der Waals surface area contributed by atoms with E-state index in [2.05, 4.69) is 4.57 Å². The van der Waals surface area contributed by atoms with Gasteiger partial charge >= 0.3 is 0 Å². The average Bonchev–Trinajstić information content (AvgIpc) is 2.07. The third-order valence-corrected chi connectivity index (χ3v) is 5.26. The molecule has 1 heterocycles. The zero-order valence-corrected chi connectivity index (χ0v) is 12.0. The summed E-state index contributed by atoms with van der Waals surface area (Å²) in [6.45, 7) is 2.56. The molecule has 6 heteroatoms. The molecule has 0 unspecified atom stereocenters. The van der Waals surface area contributed by atoms with E-state index in [0.717, 1.165) is 10.5 Å². The topological polar surface area (TPSA) is 21.7 Å². The van der Waals surface area contributed by atoms with E-state index >= 15 is 0 Å². The van der Waals surface area contributed by atoms with Crippen LogP contribution in [0.3, 0.4) is 0 Å². The predicted molar refractivity (Wildman–Crippen MR) is 54.6 cm³/mol. The van der Waals surface area contributed by atoms with Crippen LogP contribution in [0.1, 0.15) is 19.3 Å². The van der Waals surface area contributed by atoms with Crippen molar-refractivity contribution in [3.8, 4) is 0 Å². The van der Waals surface area contributed by atoms with Crippen LogP contribution in [0, 0.1) is 0 Å². The molecule has 0 N–H and O–H groups in total. The van der Waals surface area contributed by atoms with Crippen molar-refractivity contribution in [3.63, 3.8) is 0 Å². The summed E-state index contributed by atoms with van der Waals surface area (Å²) in [7, 11) is -0.0372. The minimum Gasteiger partial charge on any atom is -0.449 e. The summed E-state index contributed by atoms with van der Waals surface area (Å²) < 4.78 is 13.1. The highest BCUT2D eigenvalue weighted by atomic mass is 28.3. The van der Waals surface area contributed by atoms with Gasteiger partial charge in [0.25, 0.3) is 10.0 Å². The zero-order valence-electron chi connectivity index (χ0n) is 7.21. The molecule has 1 saturated heterocycles. The van der Waals surface area contributed by atoms with Crippen LogP contribution in [0.2, 0.25) is 0 Å². The van der Waals surface area contributed by atoms with Gasteiger partial charge in [-0.15, -0.1) is 0 Å². The fourth-order valence-electron chi connectivity index (χ4n) is 1.34. The fourth-order valence-corrected chi connectivity index (χ4v) is 5.54. The molecule has 0 aliphatic carbocycles. The van der Waals surface area contributed by atoms with Gasteiger partial charge in [0, 0.05) is 0 Å². The summed E-state index contributed by atoms with van der Waals surface area (Å²) in [5, 5.41) is 0. The molecule has 0 aromatic carbocycles. The second-order valence-electron chi connectivity index (χ2n) is 2.92. The first-order valence-corrected chi connectivity index (χ1v) is 7.40. The highest BCUT2D eigenvalue weighted by Crippen LogP contribution is 2.06. The second-order valence-corrected chi connectivity index (χ2v) is 8.25. The molecule has 0 amide bonds. The van der Waals surface area contributed by atoms with Crippen LogP contribution in [0.15, 0.2) is 0 Å². The van der Waals surface area contributed by atoms with E-state index in [9.17, 15) is 0 Å². The smallest absolute Gasteiger partial charge is 0.283 e. The summed E-state index contributed by atoms with van der Waals surface area (Å²) in [6, 6.07) is 0. The molecule has 3 nitrogen and oxygen atoms in total. The molecule has 66 valence electrons. The Morgan fingerprint density at radius 3 is 2.55 bits per heavy atom. The van der Waals surface area contributed by atoms with Crippen LogP contribution >= 0.6 is 0 Å². The largest absolute Gasteiger partial charge is 0.449 e. The van der Waals surface area contributed by atoms with E-state index in [1.807, 2.05) is 0 Å². The van der Waals surface area contributed by atoms with Crippen molar-refractivity contribution < 1.29 is 8.23 Å². The first-order chi connectivity index (χ1) is 5.43. The van der Waals surface area contributed by atoms with E-state index in [-0.39, 0.29) is 9.92 Å². The van der Waals surface area contributed by atoms with Crippen LogP contribution in [0.4, 0.5) is 0 Å². The number of hydrogen-bond donors (Lipinski definition) is 0. The quantitative estimate of drug-likeness (QED) is 0.385. The van der Waals surface area contributed by atoms with E-state index in [4.69, 9.17) is 8.23 Å². The Hall–Kier alpha value is 0.531. The van der Waals surface area contributed by atoms with E-state index < -0.39 is 10.0 Å². The Morgan fingerprint density at radius 2 is 1.91 bits per heavy atom. The zero-order chi connectivity index (χ0) is 7.94. The number of piperidine rings is 1. The predicted octanol–water partition coefficient (Wildman–Crippen LogP) is -2.22. The van der Waals surface area contributed by atoms with E-state index in [0.29, 0.717) is 0 Å². The highest BCUT2D eigenvalue weighted by molar-refractivity contribution is 6.39. The first kappa shape index (κ1) is 9.62. The third-order valence-electron chi connectivity index (χ3n) is 1.92. The van der Waals surface area contributed by atoms with Gasteiger partial charge in [-0.3, -0.25) is 0 Å². The van der Waals surface area contributed by atoms with Crippen molar-refractivity contribution >= 4 is 30.4 Å². The monoisotopic (exact) mass is 207 g/mol. The maximum absolute atomic E-state index is 5.54. The van der Waals surface area contributed by atoms with Crippen molar-refractivity contribution in [2.45, 2.75) is 19.3 Å². The van der Waals surface area contributed by atoms with Gasteiger partial charge in [0.05, 0.1) is 0 Å². The van der Waals surface area contributed by atoms with Gasteiger partial charge in [-0.2, -0.15) is 0 Å². The average molecular weight is 207 g/mol. The Kier molecular flexibility index (Phi) is 5.33. The Balaban J connectivity index is 1.96. The van der Waals surface area contributed by atoms with Crippen molar-refractivity contribution in [1.29, 1.82) is 0 Å². The molecule has 0 radical (unpaired) electrons. The standard InChI is InChI=1S/C5H17NO2Si3/c9-7-11-8-10-6-4-2-1-3-5-6/h1-5,10-11H2,9H3. The molecule has 0 atom stereocenters. The summed E-state index contributed by atoms with van der Waals surface area (Å²) in [5.41, 5.74) is 0. The Labute approximate surface area is 76.1 Å². The van der Waals surface area contributed by atoms with Crippen LogP contribution < -0.4 is 0 Å². The van der Waals surface area contributed by atoms with Crippen molar-refractivity contribution in [2.75, 3.05) is 13.1 Å². The highest BCUT2D eigenvalue weighted by Gasteiger charge is 2.09. The summed E-state index contributed by atoms with van der Waals surface area (Å²) >= 11 is 0. The first-order valence-electron chi connectivity index (χ1n) is 4.22. The molecule has 0 bridgehead atoms. The van der Waals surface area contributed by atoms with Gasteiger partial charge in [-0.05, 0) is 25.9 Å². The molecule has 0 aromatic rings. The molecule has 0 aromatic heterocycles. The second kappa shape index (κ2) is 6.09. The lowest BCUT2D eigenvalue weighted by atomic mass is 10.2. The minimum atomic E-state index is -0.542. The molecule has 0 saturated carbocycles. The summed E-state index contributed by atoms with van der Waals surface area (Å²) in [5.74, 6) is 0. The Bertz CT molecular complexity index is 99.7. The molecule has 11 heavy (non-hydrogen) atoms. The number of nitrogens with zero attached hydrogens (tertiary/aromatic N) is 1. The van der Waals surface area contributed by atoms with Gasteiger partial charge in [0.1, 0.15) is 10.5 Å². The molecule has 0 spiro atoms. The van der Waals surface area contributed by atoms with Gasteiger partial charge in [0.2, 0.25) is 9.92 Å². The molecule has 1 aliphatic heterocycles. The molecule has 1 rings (SSSR count). The van der Waals surface area contributed by atoms with Gasteiger partial charge in [0.15, 0.2) is 0 Å². The molecule has 1 fully saturated rings. The van der Waals surface area contributed by atoms with Gasteiger partial charge in [-0.1, -0.05) is 6.42 Å². The molecular formula is C5H17NO2Si3. The van der Waals surface area contributed by atoms with Crippen LogP contribution in [-0.4, -0.2) is 48.1 Å². The normalized spacial score (nSPS) is 22.9. The third kappa shape index (κ3) is 4.19.